The Morgan fingerprint density at radius 3 is 2.47 bits per heavy atom. The fourth-order valence-electron chi connectivity index (χ4n) is 2.50. The molecule has 2 aromatic rings. The molecule has 0 bridgehead atoms. The number of fused-ring (bicyclic) bond motifs is 1. The normalized spacial score (nSPS) is 14.4. The van der Waals surface area contributed by atoms with Crippen LogP contribution >= 0.6 is 11.6 Å². The molecule has 0 atom stereocenters. The molecule has 3 rings (SSSR count). The summed E-state index contributed by atoms with van der Waals surface area (Å²) in [6.07, 6.45) is 0. The molecule has 0 amide bonds. The van der Waals surface area contributed by atoms with Gasteiger partial charge in [-0.1, -0.05) is 23.7 Å². The monoisotopic (exact) mass is 273 g/mol. The topological polar surface area (TPSA) is 32.5 Å². The van der Waals surface area contributed by atoms with Gasteiger partial charge in [-0.05, 0) is 30.3 Å². The van der Waals surface area contributed by atoms with E-state index in [1.54, 1.807) is 6.07 Å². The van der Waals surface area contributed by atoms with Gasteiger partial charge in [0, 0.05) is 25.8 Å². The Morgan fingerprint density at radius 1 is 1.00 bits per heavy atom. The zero-order chi connectivity index (χ0) is 13.4. The number of nitrogens with zero attached hydrogens (tertiary/aromatic N) is 2. The van der Waals surface area contributed by atoms with Crippen LogP contribution in [-0.4, -0.2) is 20.1 Å². The molecule has 0 aromatic heterocycles. The van der Waals surface area contributed by atoms with Gasteiger partial charge in [0.2, 0.25) is 0 Å². The first-order valence-corrected chi connectivity index (χ1v) is 6.67. The molecule has 2 N–H and O–H groups in total. The quantitative estimate of drug-likeness (QED) is 0.807. The van der Waals surface area contributed by atoms with E-state index in [1.165, 1.54) is 11.4 Å². The molecule has 0 saturated heterocycles. The van der Waals surface area contributed by atoms with Crippen molar-refractivity contribution in [2.24, 2.45) is 0 Å². The first-order chi connectivity index (χ1) is 9.16. The highest BCUT2D eigenvalue weighted by atomic mass is 35.5. The maximum Gasteiger partial charge on any atom is 0.0663 e. The van der Waals surface area contributed by atoms with Crippen molar-refractivity contribution in [1.82, 2.24) is 0 Å². The van der Waals surface area contributed by atoms with Crippen molar-refractivity contribution >= 4 is 34.4 Å². The van der Waals surface area contributed by atoms with Crippen LogP contribution in [-0.2, 0) is 0 Å². The molecule has 1 heterocycles. The van der Waals surface area contributed by atoms with E-state index in [1.807, 2.05) is 12.1 Å². The second kappa shape index (κ2) is 4.67. The van der Waals surface area contributed by atoms with Crippen LogP contribution in [0.15, 0.2) is 42.5 Å². The lowest BCUT2D eigenvalue weighted by atomic mass is 10.1. The number of para-hydroxylation sites is 2. The number of nitrogens with two attached hydrogens (primary N) is 1. The van der Waals surface area contributed by atoms with Gasteiger partial charge in [-0.2, -0.15) is 0 Å². The Bertz CT molecular complexity index is 612. The van der Waals surface area contributed by atoms with Gasteiger partial charge in [-0.3, -0.25) is 0 Å². The van der Waals surface area contributed by atoms with Crippen molar-refractivity contribution in [3.05, 3.63) is 47.5 Å². The van der Waals surface area contributed by atoms with Gasteiger partial charge in [0.1, 0.15) is 0 Å². The highest BCUT2D eigenvalue weighted by Crippen LogP contribution is 2.39. The standard InChI is InChI=1S/C15H16ClN3/c1-18-8-9-19(15-5-3-2-4-14(15)18)13-7-6-11(17)10-12(13)16/h2-7,10H,8-9,17H2,1H3. The van der Waals surface area contributed by atoms with Gasteiger partial charge in [0.25, 0.3) is 0 Å². The largest absolute Gasteiger partial charge is 0.399 e. The Balaban J connectivity index is 2.09. The van der Waals surface area contributed by atoms with Crippen molar-refractivity contribution in [3.63, 3.8) is 0 Å². The third-order valence-corrected chi connectivity index (χ3v) is 3.81. The molecule has 0 unspecified atom stereocenters. The summed E-state index contributed by atoms with van der Waals surface area (Å²) in [4.78, 5) is 4.51. The fraction of sp³-hybridized carbons (Fsp3) is 0.200. The average Bonchev–Trinajstić information content (AvgIpc) is 2.41. The molecule has 0 radical (unpaired) electrons. The lowest BCUT2D eigenvalue weighted by molar-refractivity contribution is 0.822. The van der Waals surface area contributed by atoms with E-state index in [4.69, 9.17) is 17.3 Å². The summed E-state index contributed by atoms with van der Waals surface area (Å²) >= 11 is 6.33. The van der Waals surface area contributed by atoms with Crippen LogP contribution in [0.3, 0.4) is 0 Å². The summed E-state index contributed by atoms with van der Waals surface area (Å²) in [6, 6.07) is 14.0. The zero-order valence-electron chi connectivity index (χ0n) is 10.8. The maximum absolute atomic E-state index is 6.33. The van der Waals surface area contributed by atoms with E-state index in [0.717, 1.165) is 18.8 Å². The van der Waals surface area contributed by atoms with Crippen LogP contribution in [0, 0.1) is 0 Å². The number of rotatable bonds is 1. The van der Waals surface area contributed by atoms with E-state index < -0.39 is 0 Å². The molecule has 0 aliphatic carbocycles. The van der Waals surface area contributed by atoms with E-state index in [9.17, 15) is 0 Å². The van der Waals surface area contributed by atoms with E-state index >= 15 is 0 Å². The molecule has 1 aliphatic heterocycles. The average molecular weight is 274 g/mol. The van der Waals surface area contributed by atoms with E-state index in [2.05, 4.69) is 41.1 Å². The van der Waals surface area contributed by atoms with E-state index in [-0.39, 0.29) is 0 Å². The predicted molar refractivity (Wildman–Crippen MR) is 82.6 cm³/mol. The van der Waals surface area contributed by atoms with Crippen molar-refractivity contribution in [1.29, 1.82) is 0 Å². The first kappa shape index (κ1) is 12.2. The Kier molecular flexibility index (Phi) is 2.99. The molecular formula is C15H16ClN3. The highest BCUT2D eigenvalue weighted by Gasteiger charge is 2.22. The summed E-state index contributed by atoms with van der Waals surface area (Å²) < 4.78 is 0. The minimum atomic E-state index is 0.691. The maximum atomic E-state index is 6.33. The minimum absolute atomic E-state index is 0.691. The Labute approximate surface area is 118 Å². The van der Waals surface area contributed by atoms with Crippen molar-refractivity contribution in [2.75, 3.05) is 35.7 Å². The van der Waals surface area contributed by atoms with Gasteiger partial charge in [-0.15, -0.1) is 0 Å². The highest BCUT2D eigenvalue weighted by molar-refractivity contribution is 6.33. The smallest absolute Gasteiger partial charge is 0.0663 e. The third-order valence-electron chi connectivity index (χ3n) is 3.51. The first-order valence-electron chi connectivity index (χ1n) is 6.29. The Morgan fingerprint density at radius 2 is 1.74 bits per heavy atom. The number of benzene rings is 2. The van der Waals surface area contributed by atoms with Gasteiger partial charge in [-0.25, -0.2) is 0 Å². The molecule has 0 saturated carbocycles. The summed E-state index contributed by atoms with van der Waals surface area (Å²) in [5.41, 5.74) is 9.87. The van der Waals surface area contributed by atoms with Gasteiger partial charge in [0.15, 0.2) is 0 Å². The number of halogens is 1. The van der Waals surface area contributed by atoms with Crippen LogP contribution in [0.5, 0.6) is 0 Å². The van der Waals surface area contributed by atoms with Crippen LogP contribution < -0.4 is 15.5 Å². The molecule has 3 nitrogen and oxygen atoms in total. The third kappa shape index (κ3) is 2.10. The van der Waals surface area contributed by atoms with Crippen molar-refractivity contribution in [3.8, 4) is 0 Å². The molecular weight excluding hydrogens is 258 g/mol. The lowest BCUT2D eigenvalue weighted by Gasteiger charge is -2.37. The zero-order valence-corrected chi connectivity index (χ0v) is 11.6. The number of likely N-dealkylation sites (N-methyl/N-ethyl adjacent to an activating group) is 1. The van der Waals surface area contributed by atoms with Gasteiger partial charge < -0.3 is 15.5 Å². The Hall–Kier alpha value is -1.87. The predicted octanol–water partition coefficient (Wildman–Crippen LogP) is 3.51. The molecule has 1 aliphatic rings. The van der Waals surface area contributed by atoms with Crippen LogP contribution in [0.25, 0.3) is 0 Å². The number of anilines is 4. The van der Waals surface area contributed by atoms with Crippen molar-refractivity contribution in [2.45, 2.75) is 0 Å². The molecule has 19 heavy (non-hydrogen) atoms. The van der Waals surface area contributed by atoms with Crippen LogP contribution in [0.1, 0.15) is 0 Å². The molecule has 98 valence electrons. The molecule has 4 heteroatoms. The number of hydrogen-bond donors (Lipinski definition) is 1. The fourth-order valence-corrected chi connectivity index (χ4v) is 2.79. The summed E-state index contributed by atoms with van der Waals surface area (Å²) in [6.45, 7) is 1.88. The molecule has 2 aromatic carbocycles. The second-order valence-corrected chi connectivity index (χ2v) is 5.18. The summed E-state index contributed by atoms with van der Waals surface area (Å²) in [7, 11) is 2.11. The van der Waals surface area contributed by atoms with E-state index in [0.29, 0.717) is 10.7 Å². The minimum Gasteiger partial charge on any atom is -0.399 e. The van der Waals surface area contributed by atoms with Gasteiger partial charge >= 0.3 is 0 Å². The van der Waals surface area contributed by atoms with Gasteiger partial charge in [0.05, 0.1) is 22.1 Å². The molecule has 0 spiro atoms. The number of hydrogen-bond acceptors (Lipinski definition) is 3. The number of nitrogen functional groups attached to an aromatic ring is 1. The lowest BCUT2D eigenvalue weighted by Crippen LogP contribution is -2.36. The SMILES string of the molecule is CN1CCN(c2ccc(N)cc2Cl)c2ccccc21. The van der Waals surface area contributed by atoms with Crippen LogP contribution in [0.2, 0.25) is 5.02 Å². The van der Waals surface area contributed by atoms with Crippen molar-refractivity contribution < 1.29 is 0 Å². The molecule has 0 fully saturated rings. The summed E-state index contributed by atoms with van der Waals surface area (Å²) in [5.74, 6) is 0. The summed E-state index contributed by atoms with van der Waals surface area (Å²) in [5, 5.41) is 0.694. The van der Waals surface area contributed by atoms with Crippen LogP contribution in [0.4, 0.5) is 22.7 Å². The second-order valence-electron chi connectivity index (χ2n) is 4.77.